The summed E-state index contributed by atoms with van der Waals surface area (Å²) in [6, 6.07) is 0. The Labute approximate surface area is 115 Å². The summed E-state index contributed by atoms with van der Waals surface area (Å²) in [6.07, 6.45) is 2.02. The largest absolute Gasteiger partial charge is 0.332 e. The third-order valence-corrected chi connectivity index (χ3v) is 3.28. The van der Waals surface area contributed by atoms with Gasteiger partial charge < -0.3 is 4.57 Å². The molecule has 0 aromatic carbocycles. The second-order valence-electron chi connectivity index (χ2n) is 4.71. The molecule has 0 fully saturated rings. The molecule has 0 aliphatic carbocycles. The summed E-state index contributed by atoms with van der Waals surface area (Å²) in [6.45, 7) is 4.67. The highest BCUT2D eigenvalue weighted by Gasteiger charge is 2.18. The van der Waals surface area contributed by atoms with E-state index in [1.807, 2.05) is 13.8 Å². The summed E-state index contributed by atoms with van der Waals surface area (Å²) in [7, 11) is 1.61. The first-order chi connectivity index (χ1) is 9.56. The molecule has 0 aliphatic rings. The van der Waals surface area contributed by atoms with Crippen LogP contribution in [0, 0.1) is 0 Å². The van der Waals surface area contributed by atoms with E-state index in [1.54, 1.807) is 7.05 Å². The highest BCUT2D eigenvalue weighted by Crippen LogP contribution is 2.09. The third kappa shape index (κ3) is 1.99. The summed E-state index contributed by atoms with van der Waals surface area (Å²) < 4.78 is 4.13. The van der Waals surface area contributed by atoms with Crippen LogP contribution >= 0.6 is 0 Å². The summed E-state index contributed by atoms with van der Waals surface area (Å²) in [4.78, 5) is 39.9. The first kappa shape index (κ1) is 14.2. The van der Waals surface area contributed by atoms with Crippen LogP contribution in [0.25, 0.3) is 11.2 Å². The van der Waals surface area contributed by atoms with Crippen molar-refractivity contribution in [2.75, 3.05) is 0 Å². The molecule has 0 aliphatic heterocycles. The number of hydrogen-bond donors (Lipinski definition) is 0. The van der Waals surface area contributed by atoms with E-state index in [1.165, 1.54) is 13.7 Å². The van der Waals surface area contributed by atoms with Crippen LogP contribution in [-0.2, 0) is 20.1 Å². The van der Waals surface area contributed by atoms with E-state index in [9.17, 15) is 14.4 Å². The van der Waals surface area contributed by atoms with Crippen LogP contribution in [0.2, 0.25) is 0 Å². The van der Waals surface area contributed by atoms with Gasteiger partial charge in [-0.1, -0.05) is 13.8 Å². The van der Waals surface area contributed by atoms with Crippen molar-refractivity contribution >= 4 is 17.5 Å². The fourth-order valence-electron chi connectivity index (χ4n) is 2.33. The van der Waals surface area contributed by atoms with Crippen molar-refractivity contribution in [3.05, 3.63) is 26.7 Å². The van der Waals surface area contributed by atoms with Crippen LogP contribution in [0.3, 0.4) is 0 Å². The zero-order valence-corrected chi connectivity index (χ0v) is 11.9. The summed E-state index contributed by atoms with van der Waals surface area (Å²) in [5.41, 5.74) is -0.156. The van der Waals surface area contributed by atoms with Gasteiger partial charge in [-0.25, -0.2) is 9.78 Å². The minimum atomic E-state index is -0.387. The number of aldehydes is 1. The van der Waals surface area contributed by atoms with Crippen molar-refractivity contribution < 1.29 is 4.79 Å². The standard InChI is InChI=1S/C13H18N4O3/c1-4-6-16-11-10(15(3)9(8-18)14-11)12(19)17(7-5-2)13(16)20/h8H,4-7H2,1-3H3. The monoisotopic (exact) mass is 278 g/mol. The lowest BCUT2D eigenvalue weighted by molar-refractivity contribution is 0.111. The van der Waals surface area contributed by atoms with Crippen LogP contribution in [0.4, 0.5) is 0 Å². The number of imidazole rings is 1. The van der Waals surface area contributed by atoms with Crippen molar-refractivity contribution in [3.8, 4) is 0 Å². The zero-order chi connectivity index (χ0) is 14.9. The molecular formula is C13H18N4O3. The van der Waals surface area contributed by atoms with Crippen molar-refractivity contribution in [1.29, 1.82) is 0 Å². The Morgan fingerprint density at radius 2 is 1.70 bits per heavy atom. The quantitative estimate of drug-likeness (QED) is 0.747. The molecule has 20 heavy (non-hydrogen) atoms. The van der Waals surface area contributed by atoms with Crippen molar-refractivity contribution in [2.24, 2.45) is 7.05 Å². The van der Waals surface area contributed by atoms with Crippen LogP contribution < -0.4 is 11.2 Å². The first-order valence-corrected chi connectivity index (χ1v) is 6.72. The minimum absolute atomic E-state index is 0.149. The van der Waals surface area contributed by atoms with Gasteiger partial charge in [0.2, 0.25) is 0 Å². The molecule has 7 heteroatoms. The molecule has 0 saturated carbocycles. The number of nitrogens with zero attached hydrogens (tertiary/aromatic N) is 4. The fraction of sp³-hybridized carbons (Fsp3) is 0.538. The van der Waals surface area contributed by atoms with Crippen LogP contribution in [-0.4, -0.2) is 25.0 Å². The Hall–Kier alpha value is -2.18. The number of hydrogen-bond acceptors (Lipinski definition) is 4. The smallest absolute Gasteiger partial charge is 0.319 e. The van der Waals surface area contributed by atoms with Crippen molar-refractivity contribution in [3.63, 3.8) is 0 Å². The van der Waals surface area contributed by atoms with Crippen LogP contribution in [0.1, 0.15) is 37.3 Å². The topological polar surface area (TPSA) is 78.9 Å². The van der Waals surface area contributed by atoms with E-state index in [-0.39, 0.29) is 17.1 Å². The Balaban J connectivity index is 2.97. The van der Waals surface area contributed by atoms with Crippen LogP contribution in [0.15, 0.2) is 9.59 Å². The minimum Gasteiger partial charge on any atom is -0.319 e. The second kappa shape index (κ2) is 5.44. The van der Waals surface area contributed by atoms with E-state index in [4.69, 9.17) is 0 Å². The number of carbonyl (C=O) groups excluding carboxylic acids is 1. The lowest BCUT2D eigenvalue weighted by atomic mass is 10.4. The van der Waals surface area contributed by atoms with Gasteiger partial charge in [0.15, 0.2) is 23.3 Å². The fourth-order valence-corrected chi connectivity index (χ4v) is 2.33. The van der Waals surface area contributed by atoms with Crippen molar-refractivity contribution in [1.82, 2.24) is 18.7 Å². The van der Waals surface area contributed by atoms with E-state index < -0.39 is 0 Å². The molecule has 0 amide bonds. The molecule has 2 aromatic heterocycles. The maximum absolute atomic E-state index is 12.4. The third-order valence-electron chi connectivity index (χ3n) is 3.28. The van der Waals surface area contributed by atoms with Gasteiger partial charge >= 0.3 is 5.69 Å². The number of rotatable bonds is 5. The predicted molar refractivity (Wildman–Crippen MR) is 75.2 cm³/mol. The Morgan fingerprint density at radius 3 is 2.25 bits per heavy atom. The SMILES string of the molecule is CCCn1c(=O)c2c(nc(C=O)n2C)n(CCC)c1=O. The number of carbonyl (C=O) groups is 1. The summed E-state index contributed by atoms with van der Waals surface area (Å²) >= 11 is 0. The molecule has 0 bridgehead atoms. The highest BCUT2D eigenvalue weighted by molar-refractivity contribution is 5.80. The lowest BCUT2D eigenvalue weighted by Crippen LogP contribution is -2.40. The second-order valence-corrected chi connectivity index (χ2v) is 4.71. The van der Waals surface area contributed by atoms with Gasteiger partial charge in [0, 0.05) is 20.1 Å². The lowest BCUT2D eigenvalue weighted by Gasteiger charge is -2.10. The average Bonchev–Trinajstić information content (AvgIpc) is 2.76. The van der Waals surface area contributed by atoms with E-state index >= 15 is 0 Å². The summed E-state index contributed by atoms with van der Waals surface area (Å²) in [5.74, 6) is 0.149. The van der Waals surface area contributed by atoms with Crippen molar-refractivity contribution in [2.45, 2.75) is 39.8 Å². The first-order valence-electron chi connectivity index (χ1n) is 6.72. The molecule has 108 valence electrons. The molecule has 2 heterocycles. The Bertz CT molecular complexity index is 766. The average molecular weight is 278 g/mol. The van der Waals surface area contributed by atoms with Crippen LogP contribution in [0.5, 0.6) is 0 Å². The number of aryl methyl sites for hydroxylation is 2. The van der Waals surface area contributed by atoms with Gasteiger partial charge in [-0.15, -0.1) is 0 Å². The maximum Gasteiger partial charge on any atom is 0.332 e. The molecular weight excluding hydrogens is 260 g/mol. The van der Waals surface area contributed by atoms with E-state index in [0.29, 0.717) is 37.0 Å². The molecule has 0 radical (unpaired) electrons. The van der Waals surface area contributed by atoms with E-state index in [0.717, 1.165) is 6.42 Å². The molecule has 7 nitrogen and oxygen atoms in total. The molecule has 0 saturated heterocycles. The maximum atomic E-state index is 12.4. The number of aromatic nitrogens is 4. The summed E-state index contributed by atoms with van der Waals surface area (Å²) in [5, 5.41) is 0. The molecule has 2 aromatic rings. The molecule has 0 spiro atoms. The molecule has 0 atom stereocenters. The molecule has 2 rings (SSSR count). The van der Waals surface area contributed by atoms with Gasteiger partial charge in [-0.05, 0) is 12.8 Å². The van der Waals surface area contributed by atoms with Gasteiger partial charge in [-0.2, -0.15) is 0 Å². The van der Waals surface area contributed by atoms with Gasteiger partial charge in [0.1, 0.15) is 0 Å². The van der Waals surface area contributed by atoms with Gasteiger partial charge in [-0.3, -0.25) is 18.7 Å². The highest BCUT2D eigenvalue weighted by atomic mass is 16.2. The van der Waals surface area contributed by atoms with E-state index in [2.05, 4.69) is 4.98 Å². The van der Waals surface area contributed by atoms with Gasteiger partial charge in [0.25, 0.3) is 5.56 Å². The van der Waals surface area contributed by atoms with Gasteiger partial charge in [0.05, 0.1) is 0 Å². The number of fused-ring (bicyclic) bond motifs is 1. The molecule has 0 unspecified atom stereocenters. The Morgan fingerprint density at radius 1 is 1.10 bits per heavy atom. The normalized spacial score (nSPS) is 11.2. The Kier molecular flexibility index (Phi) is 3.87. The zero-order valence-electron chi connectivity index (χ0n) is 11.9. The molecule has 0 N–H and O–H groups in total. The predicted octanol–water partition coefficient (Wildman–Crippen LogP) is 0.529.